The molecule has 0 N–H and O–H groups in total. The van der Waals surface area contributed by atoms with Crippen LogP contribution >= 0.6 is 15.9 Å². The highest BCUT2D eigenvalue weighted by molar-refractivity contribution is 9.10. The molecule has 0 spiro atoms. The lowest BCUT2D eigenvalue weighted by molar-refractivity contribution is 0.443. The van der Waals surface area contributed by atoms with Crippen molar-refractivity contribution in [2.24, 2.45) is 5.92 Å². The van der Waals surface area contributed by atoms with Gasteiger partial charge in [0.1, 0.15) is 5.82 Å². The molecule has 3 nitrogen and oxygen atoms in total. The van der Waals surface area contributed by atoms with Crippen LogP contribution in [0, 0.1) is 5.92 Å². The van der Waals surface area contributed by atoms with Crippen molar-refractivity contribution in [2.45, 2.75) is 46.0 Å². The topological polar surface area (TPSA) is 29.0 Å². The molecule has 1 aliphatic rings. The van der Waals surface area contributed by atoms with Gasteiger partial charge in [-0.15, -0.1) is 0 Å². The number of nitrogens with zero attached hydrogens (tertiary/aromatic N) is 3. The third-order valence-electron chi connectivity index (χ3n) is 3.43. The van der Waals surface area contributed by atoms with Gasteiger partial charge in [0.15, 0.2) is 4.73 Å². The quantitative estimate of drug-likeness (QED) is 0.739. The molecule has 0 bridgehead atoms. The second-order valence-electron chi connectivity index (χ2n) is 6.32. The van der Waals surface area contributed by atoms with Gasteiger partial charge in [-0.1, -0.05) is 27.7 Å². The number of halogens is 1. The van der Waals surface area contributed by atoms with Crippen LogP contribution in [-0.2, 0) is 5.41 Å². The predicted octanol–water partition coefficient (Wildman–Crippen LogP) is 3.77. The van der Waals surface area contributed by atoms with Crippen LogP contribution in [0.1, 0.15) is 46.2 Å². The standard InChI is InChI=1S/C14H22BrN3/c1-10-6-5-7-18(9-10)12-8-11(14(2,3)4)16-13(15)17-12/h8,10H,5-7,9H2,1-4H3. The Bertz CT molecular complexity index is 426. The number of hydrogen-bond acceptors (Lipinski definition) is 3. The summed E-state index contributed by atoms with van der Waals surface area (Å²) in [5.74, 6) is 1.82. The summed E-state index contributed by atoms with van der Waals surface area (Å²) in [7, 11) is 0. The SMILES string of the molecule is CC1CCCN(c2cc(C(C)(C)C)nc(Br)n2)C1. The van der Waals surface area contributed by atoms with E-state index in [2.05, 4.69) is 64.6 Å². The molecule has 0 saturated carbocycles. The van der Waals surface area contributed by atoms with E-state index in [-0.39, 0.29) is 5.41 Å². The van der Waals surface area contributed by atoms with Crippen LogP contribution in [0.5, 0.6) is 0 Å². The van der Waals surface area contributed by atoms with E-state index in [0.717, 1.165) is 30.5 Å². The van der Waals surface area contributed by atoms with E-state index in [9.17, 15) is 0 Å². The van der Waals surface area contributed by atoms with Crippen molar-refractivity contribution in [2.75, 3.05) is 18.0 Å². The van der Waals surface area contributed by atoms with E-state index >= 15 is 0 Å². The molecule has 0 aliphatic carbocycles. The van der Waals surface area contributed by atoms with Crippen molar-refractivity contribution in [1.82, 2.24) is 9.97 Å². The van der Waals surface area contributed by atoms with E-state index in [0.29, 0.717) is 4.73 Å². The summed E-state index contributed by atoms with van der Waals surface area (Å²) in [5, 5.41) is 0. The highest BCUT2D eigenvalue weighted by Crippen LogP contribution is 2.27. The van der Waals surface area contributed by atoms with Gasteiger partial charge >= 0.3 is 0 Å². The summed E-state index contributed by atoms with van der Waals surface area (Å²) < 4.78 is 0.697. The number of rotatable bonds is 1. The zero-order valence-corrected chi connectivity index (χ0v) is 13.3. The van der Waals surface area contributed by atoms with Crippen LogP contribution in [-0.4, -0.2) is 23.1 Å². The maximum absolute atomic E-state index is 4.54. The Kier molecular flexibility index (Phi) is 3.95. The first-order chi connectivity index (χ1) is 8.36. The summed E-state index contributed by atoms with van der Waals surface area (Å²) in [6, 6.07) is 2.14. The van der Waals surface area contributed by atoms with Crippen molar-refractivity contribution in [3.05, 3.63) is 16.5 Å². The summed E-state index contributed by atoms with van der Waals surface area (Å²) in [6.45, 7) is 11.1. The van der Waals surface area contributed by atoms with E-state index < -0.39 is 0 Å². The number of aromatic nitrogens is 2. The highest BCUT2D eigenvalue weighted by atomic mass is 79.9. The molecule has 100 valence electrons. The molecule has 1 fully saturated rings. The number of piperidine rings is 1. The molecule has 2 heterocycles. The molecule has 1 saturated heterocycles. The van der Waals surface area contributed by atoms with Gasteiger partial charge in [0.25, 0.3) is 0 Å². The van der Waals surface area contributed by atoms with Gasteiger partial charge in [0.05, 0.1) is 5.69 Å². The molecule has 2 rings (SSSR count). The monoisotopic (exact) mass is 311 g/mol. The lowest BCUT2D eigenvalue weighted by Gasteiger charge is -2.32. The van der Waals surface area contributed by atoms with Crippen LogP contribution in [0.25, 0.3) is 0 Å². The van der Waals surface area contributed by atoms with Gasteiger partial charge < -0.3 is 4.90 Å². The van der Waals surface area contributed by atoms with E-state index in [4.69, 9.17) is 0 Å². The maximum Gasteiger partial charge on any atom is 0.198 e. The van der Waals surface area contributed by atoms with Crippen LogP contribution < -0.4 is 4.90 Å². The van der Waals surface area contributed by atoms with Gasteiger partial charge in [-0.3, -0.25) is 0 Å². The second kappa shape index (κ2) is 5.16. The van der Waals surface area contributed by atoms with E-state index in [1.165, 1.54) is 12.8 Å². The fourth-order valence-electron chi connectivity index (χ4n) is 2.35. The summed E-state index contributed by atoms with van der Waals surface area (Å²) in [5.41, 5.74) is 1.15. The number of hydrogen-bond donors (Lipinski definition) is 0. The van der Waals surface area contributed by atoms with Crippen LogP contribution in [0.4, 0.5) is 5.82 Å². The lowest BCUT2D eigenvalue weighted by atomic mass is 9.92. The minimum atomic E-state index is 0.0572. The number of anilines is 1. The zero-order valence-electron chi connectivity index (χ0n) is 11.7. The average Bonchev–Trinajstić information content (AvgIpc) is 2.27. The molecule has 0 amide bonds. The van der Waals surface area contributed by atoms with E-state index in [1.807, 2.05) is 0 Å². The Morgan fingerprint density at radius 1 is 1.33 bits per heavy atom. The van der Waals surface area contributed by atoms with Crippen molar-refractivity contribution in [1.29, 1.82) is 0 Å². The van der Waals surface area contributed by atoms with Crippen molar-refractivity contribution in [3.63, 3.8) is 0 Å². The maximum atomic E-state index is 4.54. The Labute approximate surface area is 118 Å². The highest BCUT2D eigenvalue weighted by Gasteiger charge is 2.22. The van der Waals surface area contributed by atoms with Gasteiger partial charge in [0.2, 0.25) is 0 Å². The minimum Gasteiger partial charge on any atom is -0.356 e. The molecule has 4 heteroatoms. The average molecular weight is 312 g/mol. The second-order valence-corrected chi connectivity index (χ2v) is 7.03. The Balaban J connectivity index is 2.30. The Morgan fingerprint density at radius 2 is 2.06 bits per heavy atom. The molecule has 1 aliphatic heterocycles. The summed E-state index contributed by atoms with van der Waals surface area (Å²) in [4.78, 5) is 11.4. The third kappa shape index (κ3) is 3.22. The molecule has 0 radical (unpaired) electrons. The fourth-order valence-corrected chi connectivity index (χ4v) is 2.72. The Hall–Kier alpha value is -0.640. The summed E-state index contributed by atoms with van der Waals surface area (Å²) in [6.07, 6.45) is 2.59. The lowest BCUT2D eigenvalue weighted by Crippen LogP contribution is -2.35. The molecule has 1 atom stereocenters. The Morgan fingerprint density at radius 3 is 2.67 bits per heavy atom. The van der Waals surface area contributed by atoms with E-state index in [1.54, 1.807) is 0 Å². The van der Waals surface area contributed by atoms with Gasteiger partial charge in [-0.25, -0.2) is 9.97 Å². The van der Waals surface area contributed by atoms with Crippen LogP contribution in [0.15, 0.2) is 10.8 Å². The molecular weight excluding hydrogens is 290 g/mol. The van der Waals surface area contributed by atoms with Crippen molar-refractivity contribution >= 4 is 21.7 Å². The van der Waals surface area contributed by atoms with Gasteiger partial charge in [-0.05, 0) is 34.7 Å². The van der Waals surface area contributed by atoms with Crippen molar-refractivity contribution < 1.29 is 0 Å². The molecule has 18 heavy (non-hydrogen) atoms. The van der Waals surface area contributed by atoms with Gasteiger partial charge in [0, 0.05) is 24.6 Å². The van der Waals surface area contributed by atoms with Crippen LogP contribution in [0.3, 0.4) is 0 Å². The first-order valence-corrected chi connectivity index (χ1v) is 7.45. The fraction of sp³-hybridized carbons (Fsp3) is 0.714. The smallest absolute Gasteiger partial charge is 0.198 e. The normalized spacial score (nSPS) is 21.2. The van der Waals surface area contributed by atoms with Crippen molar-refractivity contribution in [3.8, 4) is 0 Å². The first kappa shape index (κ1) is 13.8. The van der Waals surface area contributed by atoms with Gasteiger partial charge in [-0.2, -0.15) is 0 Å². The molecule has 0 aromatic carbocycles. The largest absolute Gasteiger partial charge is 0.356 e. The molecule has 1 unspecified atom stereocenters. The molecule has 1 aromatic rings. The summed E-state index contributed by atoms with van der Waals surface area (Å²) >= 11 is 3.44. The first-order valence-electron chi connectivity index (χ1n) is 6.66. The zero-order chi connectivity index (χ0) is 13.3. The molecular formula is C14H22BrN3. The molecule has 1 aromatic heterocycles. The minimum absolute atomic E-state index is 0.0572. The van der Waals surface area contributed by atoms with Crippen LogP contribution in [0.2, 0.25) is 0 Å². The third-order valence-corrected chi connectivity index (χ3v) is 3.79. The predicted molar refractivity (Wildman–Crippen MR) is 79.0 cm³/mol.